The highest BCUT2D eigenvalue weighted by atomic mass is 16.6. The topological polar surface area (TPSA) is 129 Å². The number of nitrogens with one attached hydrogen (secondary N) is 2. The Labute approximate surface area is 169 Å². The molecule has 0 aromatic heterocycles. The molecule has 0 bridgehead atoms. The second kappa shape index (κ2) is 10.3. The molecule has 2 aliphatic rings. The van der Waals surface area contributed by atoms with Gasteiger partial charge in [0, 0.05) is 24.2 Å². The second-order valence-electron chi connectivity index (χ2n) is 9.69. The summed E-state index contributed by atoms with van der Waals surface area (Å²) in [6, 6.07) is 0.347. The molecule has 0 aliphatic heterocycles. The van der Waals surface area contributed by atoms with Crippen LogP contribution >= 0.6 is 0 Å². The number of ether oxygens (including phenoxy) is 2. The number of nitrogens with two attached hydrogens (primary N) is 2. The SMILES string of the molecule is CC(C)(C)OC(=O)N[C@@H]1CCC[C@H]1N.CC(C)(C)OC(=O)N[C@@H]1CCC[C@H]1N. The van der Waals surface area contributed by atoms with Gasteiger partial charge >= 0.3 is 12.2 Å². The van der Waals surface area contributed by atoms with Crippen molar-refractivity contribution in [3.05, 3.63) is 0 Å². The van der Waals surface area contributed by atoms with Gasteiger partial charge in [-0.25, -0.2) is 9.59 Å². The molecule has 2 fully saturated rings. The fourth-order valence-corrected chi connectivity index (χ4v) is 3.25. The van der Waals surface area contributed by atoms with Crippen LogP contribution in [0.25, 0.3) is 0 Å². The Hall–Kier alpha value is -1.54. The van der Waals surface area contributed by atoms with Crippen molar-refractivity contribution >= 4 is 12.2 Å². The van der Waals surface area contributed by atoms with Crippen LogP contribution in [-0.2, 0) is 9.47 Å². The molecular formula is C20H40N4O4. The second-order valence-corrected chi connectivity index (χ2v) is 9.69. The molecule has 4 atom stereocenters. The first kappa shape index (κ1) is 24.5. The maximum atomic E-state index is 11.4. The third kappa shape index (κ3) is 10.1. The zero-order chi connectivity index (χ0) is 21.5. The minimum Gasteiger partial charge on any atom is -0.444 e. The predicted molar refractivity (Wildman–Crippen MR) is 110 cm³/mol. The van der Waals surface area contributed by atoms with E-state index in [0.29, 0.717) is 0 Å². The molecule has 0 saturated heterocycles. The summed E-state index contributed by atoms with van der Waals surface area (Å²) in [5, 5.41) is 5.60. The van der Waals surface area contributed by atoms with Gasteiger partial charge in [-0.3, -0.25) is 0 Å². The third-order valence-electron chi connectivity index (χ3n) is 4.54. The van der Waals surface area contributed by atoms with Crippen molar-refractivity contribution in [3.8, 4) is 0 Å². The quantitative estimate of drug-likeness (QED) is 0.564. The Morgan fingerprint density at radius 3 is 1.25 bits per heavy atom. The van der Waals surface area contributed by atoms with Crippen LogP contribution < -0.4 is 22.1 Å². The minimum atomic E-state index is -0.438. The summed E-state index contributed by atoms with van der Waals surface area (Å²) in [6.07, 6.45) is 5.34. The van der Waals surface area contributed by atoms with Gasteiger partial charge in [0.25, 0.3) is 0 Å². The lowest BCUT2D eigenvalue weighted by Crippen LogP contribution is -2.45. The van der Waals surface area contributed by atoms with Crippen molar-refractivity contribution in [3.63, 3.8) is 0 Å². The average molecular weight is 401 g/mol. The highest BCUT2D eigenvalue weighted by Crippen LogP contribution is 2.18. The molecule has 6 N–H and O–H groups in total. The largest absolute Gasteiger partial charge is 0.444 e. The van der Waals surface area contributed by atoms with Gasteiger partial charge in [0.2, 0.25) is 0 Å². The van der Waals surface area contributed by atoms with Crippen LogP contribution in [0.3, 0.4) is 0 Å². The molecule has 2 aliphatic carbocycles. The summed E-state index contributed by atoms with van der Waals surface area (Å²) < 4.78 is 10.3. The van der Waals surface area contributed by atoms with Gasteiger partial charge < -0.3 is 31.6 Å². The van der Waals surface area contributed by atoms with E-state index in [1.807, 2.05) is 41.5 Å². The molecule has 164 valence electrons. The molecule has 0 heterocycles. The van der Waals surface area contributed by atoms with E-state index in [1.165, 1.54) is 0 Å². The minimum absolute atomic E-state index is 0.0857. The average Bonchev–Trinajstić information content (AvgIpc) is 3.05. The van der Waals surface area contributed by atoms with Crippen molar-refractivity contribution in [2.45, 2.75) is 115 Å². The van der Waals surface area contributed by atoms with E-state index in [2.05, 4.69) is 10.6 Å². The van der Waals surface area contributed by atoms with E-state index in [4.69, 9.17) is 20.9 Å². The van der Waals surface area contributed by atoms with E-state index < -0.39 is 11.2 Å². The normalized spacial score (nSPS) is 27.4. The van der Waals surface area contributed by atoms with Gasteiger partial charge in [-0.15, -0.1) is 0 Å². The smallest absolute Gasteiger partial charge is 0.407 e. The first-order valence-corrected chi connectivity index (χ1v) is 10.3. The van der Waals surface area contributed by atoms with Gasteiger partial charge in [0.05, 0.1) is 0 Å². The van der Waals surface area contributed by atoms with Crippen LogP contribution in [0.5, 0.6) is 0 Å². The zero-order valence-corrected chi connectivity index (χ0v) is 18.3. The number of rotatable bonds is 2. The van der Waals surface area contributed by atoms with E-state index in [9.17, 15) is 9.59 Å². The lowest BCUT2D eigenvalue weighted by Gasteiger charge is -2.23. The molecule has 0 spiro atoms. The number of carbonyl (C=O) groups excluding carboxylic acids is 2. The molecule has 8 heteroatoms. The van der Waals surface area contributed by atoms with Gasteiger partial charge in [0.15, 0.2) is 0 Å². The lowest BCUT2D eigenvalue weighted by atomic mass is 10.2. The monoisotopic (exact) mass is 400 g/mol. The predicted octanol–water partition coefficient (Wildman–Crippen LogP) is 2.78. The number of hydrogen-bond donors (Lipinski definition) is 4. The molecule has 0 aromatic rings. The van der Waals surface area contributed by atoms with Crippen molar-refractivity contribution < 1.29 is 19.1 Å². The Kier molecular flexibility index (Phi) is 9.01. The van der Waals surface area contributed by atoms with E-state index in [0.717, 1.165) is 38.5 Å². The molecule has 0 radical (unpaired) electrons. The fraction of sp³-hybridized carbons (Fsp3) is 0.900. The maximum absolute atomic E-state index is 11.4. The zero-order valence-electron chi connectivity index (χ0n) is 18.3. The summed E-state index contributed by atoms with van der Waals surface area (Å²) in [5.74, 6) is 0. The molecule has 28 heavy (non-hydrogen) atoms. The van der Waals surface area contributed by atoms with Crippen LogP contribution in [0, 0.1) is 0 Å². The summed E-state index contributed by atoms with van der Waals surface area (Å²) in [5.41, 5.74) is 10.8. The summed E-state index contributed by atoms with van der Waals surface area (Å²) in [4.78, 5) is 22.7. The highest BCUT2D eigenvalue weighted by molar-refractivity contribution is 5.68. The Balaban J connectivity index is 0.000000280. The Morgan fingerprint density at radius 1 is 0.714 bits per heavy atom. The number of amides is 2. The first-order valence-electron chi connectivity index (χ1n) is 10.3. The van der Waals surface area contributed by atoms with Crippen molar-refractivity contribution in [1.29, 1.82) is 0 Å². The van der Waals surface area contributed by atoms with E-state index >= 15 is 0 Å². The number of carbonyl (C=O) groups is 2. The first-order chi connectivity index (χ1) is 12.8. The standard InChI is InChI=1S/2C10H20N2O2/c2*1-10(2,3)14-9(13)12-8-6-4-5-7(8)11/h2*7-8H,4-6,11H2,1-3H3,(H,12,13)/t2*7-,8-/m11/s1. The third-order valence-corrected chi connectivity index (χ3v) is 4.54. The van der Waals surface area contributed by atoms with Gasteiger partial charge in [-0.05, 0) is 80.1 Å². The lowest BCUT2D eigenvalue weighted by molar-refractivity contribution is 0.0490. The maximum Gasteiger partial charge on any atom is 0.407 e. The fourth-order valence-electron chi connectivity index (χ4n) is 3.25. The number of alkyl carbamates (subject to hydrolysis) is 2. The molecule has 2 amide bonds. The van der Waals surface area contributed by atoms with Crippen molar-refractivity contribution in [2.75, 3.05) is 0 Å². The van der Waals surface area contributed by atoms with Gasteiger partial charge in [-0.1, -0.05) is 0 Å². The summed E-state index contributed by atoms with van der Waals surface area (Å²) >= 11 is 0. The molecule has 2 saturated carbocycles. The van der Waals surface area contributed by atoms with Crippen LogP contribution in [0.15, 0.2) is 0 Å². The highest BCUT2D eigenvalue weighted by Gasteiger charge is 2.28. The van der Waals surface area contributed by atoms with Crippen molar-refractivity contribution in [2.24, 2.45) is 11.5 Å². The molecule has 2 rings (SSSR count). The Bertz CT molecular complexity index is 467. The van der Waals surface area contributed by atoms with Gasteiger partial charge in [-0.2, -0.15) is 0 Å². The summed E-state index contributed by atoms with van der Waals surface area (Å²) in [6.45, 7) is 11.1. The Morgan fingerprint density at radius 2 is 1.04 bits per heavy atom. The van der Waals surface area contributed by atoms with Gasteiger partial charge in [0.1, 0.15) is 11.2 Å². The van der Waals surface area contributed by atoms with E-state index in [-0.39, 0.29) is 36.4 Å². The molecule has 0 unspecified atom stereocenters. The van der Waals surface area contributed by atoms with E-state index in [1.54, 1.807) is 0 Å². The van der Waals surface area contributed by atoms with Crippen LogP contribution in [0.2, 0.25) is 0 Å². The van der Waals surface area contributed by atoms with Crippen molar-refractivity contribution in [1.82, 2.24) is 10.6 Å². The van der Waals surface area contributed by atoms with Crippen LogP contribution in [-0.4, -0.2) is 47.6 Å². The van der Waals surface area contributed by atoms with Crippen LogP contribution in [0.4, 0.5) is 9.59 Å². The molecule has 0 aromatic carbocycles. The summed E-state index contributed by atoms with van der Waals surface area (Å²) in [7, 11) is 0. The van der Waals surface area contributed by atoms with Crippen LogP contribution in [0.1, 0.15) is 80.1 Å². The molecule has 8 nitrogen and oxygen atoms in total. The molecular weight excluding hydrogens is 360 g/mol. The number of hydrogen-bond acceptors (Lipinski definition) is 6.